The monoisotopic (exact) mass is 510 g/mol. The normalized spacial score (nSPS) is 19.2. The third-order valence-corrected chi connectivity index (χ3v) is 6.95. The number of benzene rings is 1. The van der Waals surface area contributed by atoms with Crippen LogP contribution in [0.1, 0.15) is 24.1 Å². The zero-order valence-corrected chi connectivity index (χ0v) is 20.9. The number of hydrogen-bond donors (Lipinski definition) is 2. The van der Waals surface area contributed by atoms with Crippen molar-refractivity contribution in [1.29, 1.82) is 0 Å². The molecule has 3 aromatic rings. The molecule has 0 spiro atoms. The molecule has 196 valence electrons. The van der Waals surface area contributed by atoms with Crippen LogP contribution in [0.25, 0.3) is 11.9 Å². The maximum absolute atomic E-state index is 13.6. The largest absolute Gasteiger partial charge is 0.391 e. The van der Waals surface area contributed by atoms with E-state index in [1.54, 1.807) is 10.9 Å². The van der Waals surface area contributed by atoms with Gasteiger partial charge in [-0.3, -0.25) is 4.90 Å². The van der Waals surface area contributed by atoms with Crippen LogP contribution in [0.4, 0.5) is 26.2 Å². The minimum atomic E-state index is -0.553. The van der Waals surface area contributed by atoms with Gasteiger partial charge in [-0.1, -0.05) is 12.2 Å². The lowest BCUT2D eigenvalue weighted by Crippen LogP contribution is -2.46. The zero-order valence-electron chi connectivity index (χ0n) is 20.9. The van der Waals surface area contributed by atoms with Gasteiger partial charge >= 0.3 is 0 Å². The summed E-state index contributed by atoms with van der Waals surface area (Å²) in [5.41, 5.74) is 8.49. The molecule has 2 fully saturated rings. The van der Waals surface area contributed by atoms with Crippen molar-refractivity contribution in [2.75, 3.05) is 61.3 Å². The minimum Gasteiger partial charge on any atom is -0.391 e. The average Bonchev–Trinajstić information content (AvgIpc) is 3.23. The molecular weight excluding hydrogens is 478 g/mol. The predicted molar refractivity (Wildman–Crippen MR) is 140 cm³/mol. The molecule has 3 N–H and O–H groups in total. The molecule has 1 unspecified atom stereocenters. The first kappa shape index (κ1) is 25.1. The average molecular weight is 511 g/mol. The van der Waals surface area contributed by atoms with Gasteiger partial charge in [0.15, 0.2) is 5.82 Å². The topological polar surface area (TPSA) is 99.6 Å². The smallest absolute Gasteiger partial charge is 0.224 e. The third-order valence-electron chi connectivity index (χ3n) is 6.95. The summed E-state index contributed by atoms with van der Waals surface area (Å²) in [5.74, 6) is 0.336. The Morgan fingerprint density at radius 2 is 1.73 bits per heavy atom. The van der Waals surface area contributed by atoms with E-state index in [1.807, 2.05) is 28.9 Å². The molecule has 11 heteroatoms. The summed E-state index contributed by atoms with van der Waals surface area (Å²) in [6, 6.07) is 5.51. The SMILES string of the molecule is Cc1c(/C=C/CN2CCN(c3cc(F)cc(F)c3)CC2)cnn1-c1cc(N2CCCC(O)C2)nc(N)n1. The highest BCUT2D eigenvalue weighted by atomic mass is 19.1. The number of hydrogen-bond acceptors (Lipinski definition) is 8. The number of nitrogen functional groups attached to an aromatic ring is 1. The number of anilines is 3. The van der Waals surface area contributed by atoms with Gasteiger partial charge in [0.2, 0.25) is 5.95 Å². The standard InChI is InChI=1S/C26H32F2N8O/c1-18-19(4-2-6-33-8-10-34(11-9-33)22-13-20(27)12-21(28)14-22)16-30-36(18)25-15-24(31-26(29)32-25)35-7-3-5-23(37)17-35/h2,4,12-16,23,37H,3,5-11,17H2,1H3,(H2,29,31,32)/b4-2+. The van der Waals surface area contributed by atoms with E-state index >= 15 is 0 Å². The molecule has 5 rings (SSSR count). The quantitative estimate of drug-likeness (QED) is 0.522. The molecule has 4 heterocycles. The van der Waals surface area contributed by atoms with Crippen LogP contribution in [0.5, 0.6) is 0 Å². The maximum atomic E-state index is 13.6. The van der Waals surface area contributed by atoms with E-state index in [1.165, 1.54) is 12.1 Å². The van der Waals surface area contributed by atoms with Crippen molar-refractivity contribution in [3.05, 3.63) is 59.4 Å². The second kappa shape index (κ2) is 10.8. The molecule has 0 amide bonds. The first-order valence-corrected chi connectivity index (χ1v) is 12.6. The lowest BCUT2D eigenvalue weighted by atomic mass is 10.1. The summed E-state index contributed by atoms with van der Waals surface area (Å²) in [6.07, 6.45) is 7.25. The lowest BCUT2D eigenvalue weighted by molar-refractivity contribution is 0.154. The molecule has 2 aliphatic heterocycles. The van der Waals surface area contributed by atoms with Crippen LogP contribution < -0.4 is 15.5 Å². The van der Waals surface area contributed by atoms with E-state index in [2.05, 4.69) is 26.0 Å². The number of β-amino-alcohol motifs (C(OH)–C–C–N with tert-alkyl or cyclic N) is 1. The Morgan fingerprint density at radius 1 is 1.00 bits per heavy atom. The fraction of sp³-hybridized carbons (Fsp3) is 0.423. The van der Waals surface area contributed by atoms with E-state index in [-0.39, 0.29) is 12.1 Å². The van der Waals surface area contributed by atoms with Gasteiger partial charge in [-0.2, -0.15) is 15.1 Å². The van der Waals surface area contributed by atoms with Crippen LogP contribution in [0.3, 0.4) is 0 Å². The highest BCUT2D eigenvalue weighted by molar-refractivity contribution is 5.54. The molecule has 1 aromatic carbocycles. The molecule has 2 saturated heterocycles. The summed E-state index contributed by atoms with van der Waals surface area (Å²) < 4.78 is 28.9. The van der Waals surface area contributed by atoms with Crippen molar-refractivity contribution in [3.63, 3.8) is 0 Å². The van der Waals surface area contributed by atoms with Crippen LogP contribution in [-0.4, -0.2) is 81.7 Å². The summed E-state index contributed by atoms with van der Waals surface area (Å²) in [6.45, 7) is 7.09. The van der Waals surface area contributed by atoms with Gasteiger partial charge in [-0.05, 0) is 31.9 Å². The van der Waals surface area contributed by atoms with Gasteiger partial charge in [0.1, 0.15) is 17.5 Å². The number of piperidine rings is 1. The Balaban J connectivity index is 1.21. The second-order valence-electron chi connectivity index (χ2n) is 9.60. The van der Waals surface area contributed by atoms with Crippen molar-refractivity contribution in [3.8, 4) is 5.82 Å². The highest BCUT2D eigenvalue weighted by Gasteiger charge is 2.21. The summed E-state index contributed by atoms with van der Waals surface area (Å²) in [4.78, 5) is 15.1. The van der Waals surface area contributed by atoms with Crippen molar-refractivity contribution in [2.24, 2.45) is 0 Å². The van der Waals surface area contributed by atoms with Crippen molar-refractivity contribution in [1.82, 2.24) is 24.6 Å². The van der Waals surface area contributed by atoms with E-state index in [9.17, 15) is 13.9 Å². The maximum Gasteiger partial charge on any atom is 0.224 e. The van der Waals surface area contributed by atoms with Crippen molar-refractivity contribution >= 4 is 23.5 Å². The van der Waals surface area contributed by atoms with E-state index in [4.69, 9.17) is 5.73 Å². The Labute approximate surface area is 214 Å². The Kier molecular flexibility index (Phi) is 7.33. The molecule has 0 aliphatic carbocycles. The van der Waals surface area contributed by atoms with Gasteiger partial charge in [0.05, 0.1) is 18.0 Å². The fourth-order valence-electron chi connectivity index (χ4n) is 4.93. The van der Waals surface area contributed by atoms with Crippen LogP contribution in [0.2, 0.25) is 0 Å². The Morgan fingerprint density at radius 3 is 2.46 bits per heavy atom. The molecule has 9 nitrogen and oxygen atoms in total. The molecule has 2 aliphatic rings. The van der Waals surface area contributed by atoms with Crippen molar-refractivity contribution in [2.45, 2.75) is 25.9 Å². The molecule has 1 atom stereocenters. The van der Waals surface area contributed by atoms with E-state index in [0.29, 0.717) is 37.0 Å². The lowest BCUT2D eigenvalue weighted by Gasteiger charge is -2.35. The van der Waals surface area contributed by atoms with Crippen LogP contribution in [0, 0.1) is 18.6 Å². The Hall–Kier alpha value is -3.57. The Bertz CT molecular complexity index is 1250. The number of halogens is 2. The number of aliphatic hydroxyl groups excluding tert-OH is 1. The number of aromatic nitrogens is 4. The molecule has 0 saturated carbocycles. The molecule has 0 radical (unpaired) electrons. The zero-order chi connectivity index (χ0) is 25.9. The molecular formula is C26H32F2N8O. The predicted octanol–water partition coefficient (Wildman–Crippen LogP) is 2.63. The van der Waals surface area contributed by atoms with Crippen LogP contribution in [0.15, 0.2) is 36.5 Å². The second-order valence-corrected chi connectivity index (χ2v) is 9.60. The summed E-state index contributed by atoms with van der Waals surface area (Å²) in [5, 5.41) is 14.6. The first-order chi connectivity index (χ1) is 17.9. The van der Waals surface area contributed by atoms with Crippen LogP contribution >= 0.6 is 0 Å². The van der Waals surface area contributed by atoms with Crippen LogP contribution in [-0.2, 0) is 0 Å². The number of aliphatic hydroxyl groups is 1. The minimum absolute atomic E-state index is 0.166. The fourth-order valence-corrected chi connectivity index (χ4v) is 4.93. The van der Waals surface area contributed by atoms with E-state index < -0.39 is 11.6 Å². The number of piperazine rings is 1. The van der Waals surface area contributed by atoms with Gasteiger partial charge in [0, 0.05) is 69.2 Å². The van der Waals surface area contributed by atoms with Gasteiger partial charge in [-0.25, -0.2) is 13.5 Å². The third kappa shape index (κ3) is 5.89. The van der Waals surface area contributed by atoms with Gasteiger partial charge < -0.3 is 20.6 Å². The van der Waals surface area contributed by atoms with Crippen molar-refractivity contribution < 1.29 is 13.9 Å². The molecule has 2 aromatic heterocycles. The highest BCUT2D eigenvalue weighted by Crippen LogP contribution is 2.23. The first-order valence-electron chi connectivity index (χ1n) is 12.6. The summed E-state index contributed by atoms with van der Waals surface area (Å²) >= 11 is 0. The molecule has 37 heavy (non-hydrogen) atoms. The molecule has 0 bridgehead atoms. The number of rotatable bonds is 6. The number of nitrogens with two attached hydrogens (primary N) is 1. The van der Waals surface area contributed by atoms with Gasteiger partial charge in [0.25, 0.3) is 0 Å². The van der Waals surface area contributed by atoms with Gasteiger partial charge in [-0.15, -0.1) is 0 Å². The summed E-state index contributed by atoms with van der Waals surface area (Å²) in [7, 11) is 0. The number of nitrogens with zero attached hydrogens (tertiary/aromatic N) is 7. The van der Waals surface area contributed by atoms with E-state index in [0.717, 1.165) is 56.3 Å².